The second-order valence-corrected chi connectivity index (χ2v) is 10.3. The lowest BCUT2D eigenvalue weighted by molar-refractivity contribution is 0.569. The van der Waals surface area contributed by atoms with E-state index in [1.54, 1.807) is 11.3 Å². The molecule has 0 aromatic carbocycles. The average molecular weight is 409 g/mol. The van der Waals surface area contributed by atoms with Crippen molar-refractivity contribution in [1.29, 1.82) is 0 Å². The predicted octanol–water partition coefficient (Wildman–Crippen LogP) is 3.99. The molecule has 2 atom stereocenters. The summed E-state index contributed by atoms with van der Waals surface area (Å²) < 4.78 is 24.8. The van der Waals surface area contributed by atoms with E-state index in [-0.39, 0.29) is 22.8 Å². The van der Waals surface area contributed by atoms with Gasteiger partial charge in [-0.25, -0.2) is 8.42 Å². The van der Waals surface area contributed by atoms with Crippen LogP contribution < -0.4 is 0 Å². The van der Waals surface area contributed by atoms with Crippen LogP contribution in [0.25, 0.3) is 0 Å². The number of halogens is 3. The number of thiophene rings is 1. The maximum atomic E-state index is 11.4. The van der Waals surface area contributed by atoms with Gasteiger partial charge in [0.15, 0.2) is 9.84 Å². The molecule has 7 heteroatoms. The van der Waals surface area contributed by atoms with Crippen LogP contribution in [0.3, 0.4) is 0 Å². The Morgan fingerprint density at radius 2 is 2.19 bits per heavy atom. The molecule has 16 heavy (non-hydrogen) atoms. The third kappa shape index (κ3) is 2.83. The van der Waals surface area contributed by atoms with E-state index >= 15 is 0 Å². The molecule has 2 heterocycles. The fraction of sp³-hybridized carbons (Fsp3) is 0.556. The zero-order chi connectivity index (χ0) is 11.9. The molecular weight excluding hydrogens is 399 g/mol. The minimum Gasteiger partial charge on any atom is -0.229 e. The highest BCUT2D eigenvalue weighted by molar-refractivity contribution is 9.12. The van der Waals surface area contributed by atoms with Crippen molar-refractivity contribution in [1.82, 2.24) is 0 Å². The van der Waals surface area contributed by atoms with E-state index in [2.05, 4.69) is 31.9 Å². The Balaban J connectivity index is 2.20. The van der Waals surface area contributed by atoms with Crippen LogP contribution in [0.15, 0.2) is 13.6 Å². The summed E-state index contributed by atoms with van der Waals surface area (Å²) in [6, 6.07) is 1.96. The van der Waals surface area contributed by atoms with Crippen molar-refractivity contribution in [2.45, 2.75) is 11.8 Å². The van der Waals surface area contributed by atoms with Crippen LogP contribution in [0, 0.1) is 5.92 Å². The minimum atomic E-state index is -2.86. The van der Waals surface area contributed by atoms with Gasteiger partial charge in [0.1, 0.15) is 0 Å². The first-order chi connectivity index (χ1) is 7.39. The van der Waals surface area contributed by atoms with Crippen molar-refractivity contribution >= 4 is 64.6 Å². The zero-order valence-electron chi connectivity index (χ0n) is 8.12. The molecule has 2 unspecified atom stereocenters. The van der Waals surface area contributed by atoms with Crippen LogP contribution in [0.5, 0.6) is 0 Å². The normalized spacial score (nSPS) is 25.8. The molecule has 90 valence electrons. The Bertz CT molecular complexity index is 498. The van der Waals surface area contributed by atoms with Gasteiger partial charge in [0.2, 0.25) is 0 Å². The highest BCUT2D eigenvalue weighted by atomic mass is 79.9. The standard InChI is InChI=1S/C9H9Br2ClO2S2/c10-7-3-6(9(11)15-7)8(12)5-1-2-16(13,14)4-5/h3,5,8H,1-2,4H2. The fourth-order valence-electron chi connectivity index (χ4n) is 1.85. The maximum absolute atomic E-state index is 11.4. The molecular formula is C9H9Br2ClO2S2. The first-order valence-corrected chi connectivity index (χ1v) is 9.34. The van der Waals surface area contributed by atoms with Gasteiger partial charge in [-0.1, -0.05) is 0 Å². The third-order valence-corrected chi connectivity index (χ3v) is 7.43. The summed E-state index contributed by atoms with van der Waals surface area (Å²) in [4.78, 5) is 0. The van der Waals surface area contributed by atoms with Crippen LogP contribution in [-0.2, 0) is 9.84 Å². The summed E-state index contributed by atoms with van der Waals surface area (Å²) in [6.07, 6.45) is 0.663. The monoisotopic (exact) mass is 406 g/mol. The van der Waals surface area contributed by atoms with Crippen LogP contribution >= 0.6 is 54.8 Å². The van der Waals surface area contributed by atoms with Gasteiger partial charge in [-0.2, -0.15) is 0 Å². The van der Waals surface area contributed by atoms with Gasteiger partial charge < -0.3 is 0 Å². The molecule has 1 aromatic heterocycles. The van der Waals surface area contributed by atoms with Crippen molar-refractivity contribution in [3.63, 3.8) is 0 Å². The summed E-state index contributed by atoms with van der Waals surface area (Å²) in [5.74, 6) is 0.509. The molecule has 0 aliphatic carbocycles. The highest BCUT2D eigenvalue weighted by Crippen LogP contribution is 2.43. The van der Waals surface area contributed by atoms with Gasteiger partial charge >= 0.3 is 0 Å². The van der Waals surface area contributed by atoms with Crippen LogP contribution in [0.1, 0.15) is 17.4 Å². The lowest BCUT2D eigenvalue weighted by atomic mass is 10.0. The quantitative estimate of drug-likeness (QED) is 0.694. The van der Waals surface area contributed by atoms with Gasteiger partial charge in [-0.3, -0.25) is 0 Å². The number of sulfone groups is 1. The summed E-state index contributed by atoms with van der Waals surface area (Å²) >= 11 is 14.7. The summed E-state index contributed by atoms with van der Waals surface area (Å²) in [5, 5.41) is -0.228. The third-order valence-electron chi connectivity index (χ3n) is 2.66. The molecule has 0 saturated carbocycles. The maximum Gasteiger partial charge on any atom is 0.150 e. The molecule has 0 N–H and O–H groups in total. The number of hydrogen-bond acceptors (Lipinski definition) is 3. The minimum absolute atomic E-state index is 0.0319. The lowest BCUT2D eigenvalue weighted by Crippen LogP contribution is -2.10. The van der Waals surface area contributed by atoms with Gasteiger partial charge in [-0.05, 0) is 55.8 Å². The molecule has 2 nitrogen and oxygen atoms in total. The van der Waals surface area contributed by atoms with Crippen LogP contribution in [-0.4, -0.2) is 19.9 Å². The van der Waals surface area contributed by atoms with Gasteiger partial charge in [0.25, 0.3) is 0 Å². The van der Waals surface area contributed by atoms with Crippen molar-refractivity contribution in [2.24, 2.45) is 5.92 Å². The Morgan fingerprint density at radius 1 is 1.50 bits per heavy atom. The van der Waals surface area contributed by atoms with E-state index in [9.17, 15) is 8.42 Å². The first-order valence-electron chi connectivity index (χ1n) is 4.68. The number of hydrogen-bond donors (Lipinski definition) is 0. The van der Waals surface area contributed by atoms with Crippen molar-refractivity contribution in [3.8, 4) is 0 Å². The van der Waals surface area contributed by atoms with Crippen molar-refractivity contribution in [2.75, 3.05) is 11.5 Å². The molecule has 1 fully saturated rings. The van der Waals surface area contributed by atoms with Crippen molar-refractivity contribution < 1.29 is 8.42 Å². The Labute approximate surface area is 121 Å². The zero-order valence-corrected chi connectivity index (χ0v) is 13.7. The molecule has 1 aliphatic heterocycles. The fourth-order valence-corrected chi connectivity index (χ4v) is 7.31. The average Bonchev–Trinajstić information content (AvgIpc) is 2.68. The van der Waals surface area contributed by atoms with Crippen LogP contribution in [0.2, 0.25) is 0 Å². The molecule has 1 aromatic rings. The topological polar surface area (TPSA) is 34.1 Å². The van der Waals surface area contributed by atoms with E-state index in [1.807, 2.05) is 6.07 Å². The van der Waals surface area contributed by atoms with E-state index in [4.69, 9.17) is 11.6 Å². The van der Waals surface area contributed by atoms with Gasteiger partial charge in [0, 0.05) is 0 Å². The van der Waals surface area contributed by atoms with Crippen molar-refractivity contribution in [3.05, 3.63) is 19.2 Å². The number of rotatable bonds is 2. The molecule has 0 bridgehead atoms. The molecule has 1 aliphatic rings. The summed E-state index contributed by atoms with van der Waals surface area (Å²) in [7, 11) is -2.86. The Morgan fingerprint density at radius 3 is 2.62 bits per heavy atom. The summed E-state index contributed by atoms with van der Waals surface area (Å²) in [6.45, 7) is 0. The van der Waals surface area contributed by atoms with Crippen LogP contribution in [0.4, 0.5) is 0 Å². The van der Waals surface area contributed by atoms with Gasteiger partial charge in [0.05, 0.1) is 24.5 Å². The van der Waals surface area contributed by atoms with E-state index in [1.165, 1.54) is 0 Å². The Kier molecular flexibility index (Phi) is 4.07. The largest absolute Gasteiger partial charge is 0.229 e. The van der Waals surface area contributed by atoms with E-state index in [0.717, 1.165) is 13.1 Å². The summed E-state index contributed by atoms with van der Waals surface area (Å²) in [5.41, 5.74) is 0.987. The predicted molar refractivity (Wildman–Crippen MR) is 75.1 cm³/mol. The molecule has 0 radical (unpaired) electrons. The van der Waals surface area contributed by atoms with E-state index < -0.39 is 9.84 Å². The van der Waals surface area contributed by atoms with Gasteiger partial charge in [-0.15, -0.1) is 22.9 Å². The smallest absolute Gasteiger partial charge is 0.150 e. The first kappa shape index (κ1) is 13.3. The van der Waals surface area contributed by atoms with E-state index in [0.29, 0.717) is 6.42 Å². The molecule has 2 rings (SSSR count). The second-order valence-electron chi connectivity index (χ2n) is 3.84. The molecule has 1 saturated heterocycles. The highest BCUT2D eigenvalue weighted by Gasteiger charge is 2.34. The second kappa shape index (κ2) is 4.88. The Hall–Kier alpha value is 0.900. The molecule has 0 spiro atoms. The SMILES string of the molecule is O=S1(=O)CCC(C(Cl)c2cc(Br)sc2Br)C1. The lowest BCUT2D eigenvalue weighted by Gasteiger charge is -2.14. The number of alkyl halides is 1. The molecule has 0 amide bonds.